The van der Waals surface area contributed by atoms with E-state index in [2.05, 4.69) is 42.5 Å². The minimum Gasteiger partial charge on any atom is -0.325 e. The number of carbonyl (C=O) groups excluding carboxylic acids is 1. The summed E-state index contributed by atoms with van der Waals surface area (Å²) in [4.78, 5) is 11.9. The largest absolute Gasteiger partial charge is 0.325 e. The number of hydrogen-bond acceptors (Lipinski definition) is 2. The molecule has 21 heavy (non-hydrogen) atoms. The van der Waals surface area contributed by atoms with Crippen LogP contribution in [0.15, 0.2) is 57.5 Å². The molecule has 0 unspecified atom stereocenters. The monoisotopic (exact) mass is 410 g/mol. The van der Waals surface area contributed by atoms with Crippen LogP contribution in [-0.4, -0.2) is 12.5 Å². The SMILES string of the molecule is C[C@@H](NCC(=O)Nc1cccc(Br)c1)c1ccc(Br)cc1. The van der Waals surface area contributed by atoms with Gasteiger partial charge in [-0.25, -0.2) is 0 Å². The third-order valence-corrected chi connectivity index (χ3v) is 4.07. The van der Waals surface area contributed by atoms with Crippen molar-refractivity contribution in [2.24, 2.45) is 0 Å². The molecule has 2 N–H and O–H groups in total. The number of nitrogens with one attached hydrogen (secondary N) is 2. The van der Waals surface area contributed by atoms with Crippen LogP contribution in [0.25, 0.3) is 0 Å². The zero-order valence-electron chi connectivity index (χ0n) is 11.6. The van der Waals surface area contributed by atoms with Gasteiger partial charge in [-0.2, -0.15) is 0 Å². The molecular weight excluding hydrogens is 396 g/mol. The second kappa shape index (κ2) is 7.73. The molecule has 0 heterocycles. The smallest absolute Gasteiger partial charge is 0.238 e. The van der Waals surface area contributed by atoms with E-state index in [0.29, 0.717) is 0 Å². The van der Waals surface area contributed by atoms with Crippen molar-refractivity contribution < 1.29 is 4.79 Å². The van der Waals surface area contributed by atoms with Crippen LogP contribution in [0.5, 0.6) is 0 Å². The van der Waals surface area contributed by atoms with Gasteiger partial charge < -0.3 is 10.6 Å². The van der Waals surface area contributed by atoms with Crippen LogP contribution in [0.1, 0.15) is 18.5 Å². The maximum absolute atomic E-state index is 11.9. The van der Waals surface area contributed by atoms with Gasteiger partial charge in [0.05, 0.1) is 6.54 Å². The molecule has 2 aromatic rings. The van der Waals surface area contributed by atoms with E-state index in [1.807, 2.05) is 55.5 Å². The zero-order valence-corrected chi connectivity index (χ0v) is 14.7. The lowest BCUT2D eigenvalue weighted by molar-refractivity contribution is -0.115. The van der Waals surface area contributed by atoms with Gasteiger partial charge in [-0.05, 0) is 42.8 Å². The highest BCUT2D eigenvalue weighted by atomic mass is 79.9. The highest BCUT2D eigenvalue weighted by Crippen LogP contribution is 2.17. The van der Waals surface area contributed by atoms with E-state index in [0.717, 1.165) is 20.2 Å². The molecule has 0 bridgehead atoms. The summed E-state index contributed by atoms with van der Waals surface area (Å²) >= 11 is 6.79. The minimum atomic E-state index is -0.0583. The number of benzene rings is 2. The Morgan fingerprint density at radius 1 is 1.10 bits per heavy atom. The van der Waals surface area contributed by atoms with Gasteiger partial charge in [-0.15, -0.1) is 0 Å². The molecule has 1 atom stereocenters. The number of rotatable bonds is 5. The van der Waals surface area contributed by atoms with Gasteiger partial charge in [-0.3, -0.25) is 4.79 Å². The number of carbonyl (C=O) groups is 1. The molecule has 2 rings (SSSR count). The molecule has 0 aliphatic heterocycles. The van der Waals surface area contributed by atoms with Gasteiger partial charge in [0.15, 0.2) is 0 Å². The maximum Gasteiger partial charge on any atom is 0.238 e. The summed E-state index contributed by atoms with van der Waals surface area (Å²) in [5.41, 5.74) is 1.93. The van der Waals surface area contributed by atoms with E-state index >= 15 is 0 Å². The molecule has 3 nitrogen and oxygen atoms in total. The van der Waals surface area contributed by atoms with E-state index in [-0.39, 0.29) is 18.5 Å². The van der Waals surface area contributed by atoms with Gasteiger partial charge >= 0.3 is 0 Å². The summed E-state index contributed by atoms with van der Waals surface area (Å²) in [5, 5.41) is 6.07. The Balaban J connectivity index is 1.84. The summed E-state index contributed by atoms with van der Waals surface area (Å²) in [6.45, 7) is 2.30. The van der Waals surface area contributed by atoms with Gasteiger partial charge in [-0.1, -0.05) is 50.1 Å². The third kappa shape index (κ3) is 5.26. The van der Waals surface area contributed by atoms with Gasteiger partial charge in [0, 0.05) is 20.7 Å². The molecule has 0 spiro atoms. The molecule has 0 saturated carbocycles. The van der Waals surface area contributed by atoms with E-state index in [4.69, 9.17) is 0 Å². The van der Waals surface area contributed by atoms with Gasteiger partial charge in [0.25, 0.3) is 0 Å². The van der Waals surface area contributed by atoms with Crippen molar-refractivity contribution in [1.29, 1.82) is 0 Å². The molecule has 0 saturated heterocycles. The lowest BCUT2D eigenvalue weighted by Gasteiger charge is -2.14. The minimum absolute atomic E-state index is 0.0583. The molecular formula is C16H16Br2N2O. The highest BCUT2D eigenvalue weighted by molar-refractivity contribution is 9.10. The fraction of sp³-hybridized carbons (Fsp3) is 0.188. The summed E-state index contributed by atoms with van der Waals surface area (Å²) in [6.07, 6.45) is 0. The molecule has 0 aliphatic carbocycles. The van der Waals surface area contributed by atoms with Crippen molar-refractivity contribution in [2.75, 3.05) is 11.9 Å². The Morgan fingerprint density at radius 3 is 2.48 bits per heavy atom. The van der Waals surface area contributed by atoms with Gasteiger partial charge in [0.2, 0.25) is 5.91 Å². The summed E-state index contributed by atoms with van der Waals surface area (Å²) in [6, 6.07) is 15.7. The number of amides is 1. The first kappa shape index (κ1) is 16.2. The predicted octanol–water partition coefficient (Wildman–Crippen LogP) is 4.50. The van der Waals surface area contributed by atoms with Crippen molar-refractivity contribution in [2.45, 2.75) is 13.0 Å². The van der Waals surface area contributed by atoms with Crippen LogP contribution in [0.4, 0.5) is 5.69 Å². The van der Waals surface area contributed by atoms with Gasteiger partial charge in [0.1, 0.15) is 0 Å². The summed E-state index contributed by atoms with van der Waals surface area (Å²) < 4.78 is 1.99. The van der Waals surface area contributed by atoms with E-state index in [9.17, 15) is 4.79 Å². The Morgan fingerprint density at radius 2 is 1.81 bits per heavy atom. The molecule has 0 fully saturated rings. The highest BCUT2D eigenvalue weighted by Gasteiger charge is 2.08. The third-order valence-electron chi connectivity index (χ3n) is 3.05. The second-order valence-corrected chi connectivity index (χ2v) is 6.54. The maximum atomic E-state index is 11.9. The number of hydrogen-bond donors (Lipinski definition) is 2. The van der Waals surface area contributed by atoms with E-state index in [1.165, 1.54) is 0 Å². The molecule has 0 aromatic heterocycles. The normalized spacial score (nSPS) is 12.0. The van der Waals surface area contributed by atoms with Crippen molar-refractivity contribution >= 4 is 43.5 Å². The first-order valence-corrected chi connectivity index (χ1v) is 8.17. The van der Waals surface area contributed by atoms with Crippen molar-refractivity contribution in [3.8, 4) is 0 Å². The summed E-state index contributed by atoms with van der Waals surface area (Å²) in [5.74, 6) is -0.0583. The average Bonchev–Trinajstić information content (AvgIpc) is 2.45. The number of halogens is 2. The van der Waals surface area contributed by atoms with Crippen LogP contribution in [0, 0.1) is 0 Å². The lowest BCUT2D eigenvalue weighted by atomic mass is 10.1. The van der Waals surface area contributed by atoms with Crippen LogP contribution in [-0.2, 0) is 4.79 Å². The quantitative estimate of drug-likeness (QED) is 0.760. The predicted molar refractivity (Wildman–Crippen MR) is 93.3 cm³/mol. The Bertz CT molecular complexity index is 614. The first-order valence-electron chi connectivity index (χ1n) is 6.59. The van der Waals surface area contributed by atoms with Crippen LogP contribution < -0.4 is 10.6 Å². The molecule has 1 amide bonds. The summed E-state index contributed by atoms with van der Waals surface area (Å²) in [7, 11) is 0. The lowest BCUT2D eigenvalue weighted by Crippen LogP contribution is -2.30. The first-order chi connectivity index (χ1) is 10.0. The number of anilines is 1. The Labute approximate surface area is 141 Å². The molecule has 5 heteroatoms. The fourth-order valence-corrected chi connectivity index (χ4v) is 2.55. The van der Waals surface area contributed by atoms with Crippen LogP contribution >= 0.6 is 31.9 Å². The van der Waals surface area contributed by atoms with E-state index in [1.54, 1.807) is 0 Å². The van der Waals surface area contributed by atoms with Crippen LogP contribution in [0.2, 0.25) is 0 Å². The molecule has 0 aliphatic rings. The molecule has 2 aromatic carbocycles. The van der Waals surface area contributed by atoms with E-state index < -0.39 is 0 Å². The Hall–Kier alpha value is -1.17. The standard InChI is InChI=1S/C16H16Br2N2O/c1-11(12-5-7-13(17)8-6-12)19-10-16(21)20-15-4-2-3-14(18)9-15/h2-9,11,19H,10H2,1H3,(H,20,21)/t11-/m1/s1. The van der Waals surface area contributed by atoms with Crippen molar-refractivity contribution in [1.82, 2.24) is 5.32 Å². The molecule has 0 radical (unpaired) electrons. The Kier molecular flexibility index (Phi) is 5.96. The fourth-order valence-electron chi connectivity index (χ4n) is 1.89. The second-order valence-electron chi connectivity index (χ2n) is 4.71. The molecule has 110 valence electrons. The van der Waals surface area contributed by atoms with Crippen molar-refractivity contribution in [3.05, 3.63) is 63.0 Å². The zero-order chi connectivity index (χ0) is 15.2. The van der Waals surface area contributed by atoms with Crippen molar-refractivity contribution in [3.63, 3.8) is 0 Å². The topological polar surface area (TPSA) is 41.1 Å². The van der Waals surface area contributed by atoms with Crippen LogP contribution in [0.3, 0.4) is 0 Å². The average molecular weight is 412 g/mol.